The zero-order chi connectivity index (χ0) is 23.1. The van der Waals surface area contributed by atoms with E-state index in [1.807, 2.05) is 0 Å². The summed E-state index contributed by atoms with van der Waals surface area (Å²) in [4.78, 5) is 35.1. The van der Waals surface area contributed by atoms with Gasteiger partial charge in [0.15, 0.2) is 20.7 Å². The molecule has 0 aliphatic heterocycles. The number of amides is 1. The SMILES string of the molecule is CCOC(=O)Cc1cnc(NC(=O)/C(=N/OC2CCCC2)c2ccc(S(C)(=O)=O)cc2)s1. The lowest BCUT2D eigenvalue weighted by molar-refractivity contribution is -0.142. The molecule has 2 aromatic rings. The number of rotatable bonds is 9. The number of ether oxygens (including phenoxy) is 1. The van der Waals surface area contributed by atoms with E-state index in [0.717, 1.165) is 43.3 Å². The predicted molar refractivity (Wildman–Crippen MR) is 121 cm³/mol. The molecule has 0 saturated heterocycles. The van der Waals surface area contributed by atoms with Crippen molar-refractivity contribution in [2.24, 2.45) is 5.16 Å². The average molecular weight is 480 g/mol. The number of carbonyl (C=O) groups is 2. The van der Waals surface area contributed by atoms with Crippen LogP contribution in [-0.2, 0) is 35.4 Å². The van der Waals surface area contributed by atoms with Gasteiger partial charge in [-0.25, -0.2) is 13.4 Å². The fraction of sp³-hybridized carbons (Fsp3) is 0.429. The van der Waals surface area contributed by atoms with E-state index in [1.54, 1.807) is 6.92 Å². The molecule has 1 aromatic carbocycles. The van der Waals surface area contributed by atoms with E-state index in [-0.39, 0.29) is 29.1 Å². The van der Waals surface area contributed by atoms with Gasteiger partial charge in [-0.2, -0.15) is 0 Å². The van der Waals surface area contributed by atoms with Gasteiger partial charge in [0.1, 0.15) is 6.10 Å². The normalized spacial score (nSPS) is 14.9. The average Bonchev–Trinajstić information content (AvgIpc) is 3.40. The van der Waals surface area contributed by atoms with Crippen molar-refractivity contribution in [1.29, 1.82) is 0 Å². The third-order valence-corrected chi connectivity index (χ3v) is 6.81. The number of hydrogen-bond acceptors (Lipinski definition) is 9. The number of sulfone groups is 1. The highest BCUT2D eigenvalue weighted by Crippen LogP contribution is 2.23. The van der Waals surface area contributed by atoms with E-state index in [0.29, 0.717) is 22.2 Å². The summed E-state index contributed by atoms with van der Waals surface area (Å²) in [6.45, 7) is 2.02. The molecule has 1 amide bonds. The van der Waals surface area contributed by atoms with Gasteiger partial charge in [0.25, 0.3) is 5.91 Å². The third kappa shape index (κ3) is 6.60. The molecule has 0 radical (unpaired) electrons. The first kappa shape index (κ1) is 23.9. The summed E-state index contributed by atoms with van der Waals surface area (Å²) in [5, 5.41) is 7.08. The van der Waals surface area contributed by atoms with Gasteiger partial charge in [-0.05, 0) is 44.7 Å². The number of anilines is 1. The Morgan fingerprint density at radius 1 is 1.22 bits per heavy atom. The summed E-state index contributed by atoms with van der Waals surface area (Å²) in [7, 11) is -3.37. The zero-order valence-electron chi connectivity index (χ0n) is 17.9. The highest BCUT2D eigenvalue weighted by Gasteiger charge is 2.21. The van der Waals surface area contributed by atoms with Crippen LogP contribution in [0.5, 0.6) is 0 Å². The van der Waals surface area contributed by atoms with Gasteiger partial charge in [-0.15, -0.1) is 11.3 Å². The van der Waals surface area contributed by atoms with Crippen molar-refractivity contribution in [3.8, 4) is 0 Å². The summed E-state index contributed by atoms with van der Waals surface area (Å²) >= 11 is 1.16. The molecule has 0 spiro atoms. The Morgan fingerprint density at radius 3 is 2.53 bits per heavy atom. The Balaban J connectivity index is 1.78. The summed E-state index contributed by atoms with van der Waals surface area (Å²) in [5.41, 5.74) is 0.426. The van der Waals surface area contributed by atoms with E-state index >= 15 is 0 Å². The molecule has 3 rings (SSSR count). The number of aromatic nitrogens is 1. The molecule has 1 aliphatic carbocycles. The van der Waals surface area contributed by atoms with Crippen LogP contribution in [0.15, 0.2) is 40.5 Å². The minimum Gasteiger partial charge on any atom is -0.466 e. The van der Waals surface area contributed by atoms with E-state index < -0.39 is 15.7 Å². The summed E-state index contributed by atoms with van der Waals surface area (Å²) < 4.78 is 28.4. The largest absolute Gasteiger partial charge is 0.466 e. The van der Waals surface area contributed by atoms with Crippen LogP contribution in [0.25, 0.3) is 0 Å². The Bertz CT molecular complexity index is 1090. The Labute approximate surface area is 190 Å². The van der Waals surface area contributed by atoms with Crippen molar-refractivity contribution in [1.82, 2.24) is 4.98 Å². The highest BCUT2D eigenvalue weighted by molar-refractivity contribution is 7.90. The first-order valence-corrected chi connectivity index (χ1v) is 12.9. The van der Waals surface area contributed by atoms with Crippen LogP contribution in [0.3, 0.4) is 0 Å². The molecular formula is C21H25N3O6S2. The molecule has 11 heteroatoms. The van der Waals surface area contributed by atoms with Crippen molar-refractivity contribution in [2.45, 2.75) is 50.0 Å². The molecular weight excluding hydrogens is 454 g/mol. The summed E-state index contributed by atoms with van der Waals surface area (Å²) in [5.74, 6) is -0.917. The lowest BCUT2D eigenvalue weighted by Gasteiger charge is -2.10. The molecule has 0 unspecified atom stereocenters. The maximum atomic E-state index is 13.0. The maximum Gasteiger partial charge on any atom is 0.311 e. The van der Waals surface area contributed by atoms with Crippen molar-refractivity contribution >= 4 is 43.9 Å². The van der Waals surface area contributed by atoms with E-state index in [4.69, 9.17) is 9.57 Å². The fourth-order valence-electron chi connectivity index (χ4n) is 3.16. The molecule has 32 heavy (non-hydrogen) atoms. The Hall–Kier alpha value is -2.79. The molecule has 1 saturated carbocycles. The summed E-state index contributed by atoms with van der Waals surface area (Å²) in [6.07, 6.45) is 6.47. The molecule has 1 aliphatic rings. The van der Waals surface area contributed by atoms with Crippen LogP contribution in [0.2, 0.25) is 0 Å². The second-order valence-corrected chi connectivity index (χ2v) is 10.4. The monoisotopic (exact) mass is 479 g/mol. The number of benzene rings is 1. The smallest absolute Gasteiger partial charge is 0.311 e. The quantitative estimate of drug-likeness (QED) is 0.333. The number of nitrogens with one attached hydrogen (secondary N) is 1. The maximum absolute atomic E-state index is 13.0. The minimum absolute atomic E-state index is 0.0130. The zero-order valence-corrected chi connectivity index (χ0v) is 19.5. The van der Waals surface area contributed by atoms with Crippen molar-refractivity contribution in [3.05, 3.63) is 40.9 Å². The summed E-state index contributed by atoms with van der Waals surface area (Å²) in [6, 6.07) is 5.87. The highest BCUT2D eigenvalue weighted by atomic mass is 32.2. The van der Waals surface area contributed by atoms with Gasteiger partial charge in [0, 0.05) is 22.9 Å². The van der Waals surface area contributed by atoms with E-state index in [1.165, 1.54) is 30.5 Å². The molecule has 1 heterocycles. The first-order valence-electron chi connectivity index (χ1n) is 10.2. The van der Waals surface area contributed by atoms with Crippen molar-refractivity contribution in [2.75, 3.05) is 18.2 Å². The lowest BCUT2D eigenvalue weighted by Crippen LogP contribution is -2.25. The molecule has 172 valence electrons. The Kier molecular flexibility index (Phi) is 7.97. The fourth-order valence-corrected chi connectivity index (χ4v) is 4.59. The van der Waals surface area contributed by atoms with Gasteiger partial charge in [0.05, 0.1) is 17.9 Å². The molecule has 9 nitrogen and oxygen atoms in total. The second kappa shape index (κ2) is 10.7. The molecule has 1 N–H and O–H groups in total. The number of oxime groups is 1. The van der Waals surface area contributed by atoms with Gasteiger partial charge in [-0.3, -0.25) is 14.9 Å². The predicted octanol–water partition coefficient (Wildman–Crippen LogP) is 2.95. The van der Waals surface area contributed by atoms with Crippen LogP contribution in [0, 0.1) is 0 Å². The van der Waals surface area contributed by atoms with E-state index in [2.05, 4.69) is 15.5 Å². The molecule has 0 atom stereocenters. The van der Waals surface area contributed by atoms with E-state index in [9.17, 15) is 18.0 Å². The second-order valence-electron chi connectivity index (χ2n) is 7.32. The number of nitrogens with zero attached hydrogens (tertiary/aromatic N) is 2. The van der Waals surface area contributed by atoms with Crippen molar-refractivity contribution < 1.29 is 27.6 Å². The first-order chi connectivity index (χ1) is 15.3. The van der Waals surface area contributed by atoms with Crippen LogP contribution >= 0.6 is 11.3 Å². The van der Waals surface area contributed by atoms with Gasteiger partial charge >= 0.3 is 5.97 Å². The number of thiazole rings is 1. The van der Waals surface area contributed by atoms with Gasteiger partial charge < -0.3 is 9.57 Å². The van der Waals surface area contributed by atoms with Crippen LogP contribution < -0.4 is 5.32 Å². The van der Waals surface area contributed by atoms with Crippen molar-refractivity contribution in [3.63, 3.8) is 0 Å². The Morgan fingerprint density at radius 2 is 1.91 bits per heavy atom. The topological polar surface area (TPSA) is 124 Å². The van der Waals surface area contributed by atoms with Gasteiger partial charge in [0.2, 0.25) is 0 Å². The van der Waals surface area contributed by atoms with Crippen LogP contribution in [0.1, 0.15) is 43.0 Å². The number of hydrogen-bond donors (Lipinski definition) is 1. The van der Waals surface area contributed by atoms with Gasteiger partial charge in [-0.1, -0.05) is 17.3 Å². The molecule has 0 bridgehead atoms. The van der Waals surface area contributed by atoms with Crippen LogP contribution in [0.4, 0.5) is 5.13 Å². The third-order valence-electron chi connectivity index (χ3n) is 4.76. The number of esters is 1. The number of carbonyl (C=O) groups excluding carboxylic acids is 2. The molecule has 1 aromatic heterocycles. The lowest BCUT2D eigenvalue weighted by atomic mass is 10.1. The standard InChI is InChI=1S/C21H25N3O6S2/c1-3-29-18(25)12-16-13-22-21(31-16)23-20(26)19(24-30-15-6-4-5-7-15)14-8-10-17(11-9-14)32(2,27)28/h8-11,13,15H,3-7,12H2,1-2H3,(H,22,23,26)/b24-19+. The van der Waals surface area contributed by atoms with Crippen LogP contribution in [-0.4, -0.2) is 50.0 Å². The minimum atomic E-state index is -3.37. The molecule has 1 fully saturated rings.